The van der Waals surface area contributed by atoms with E-state index in [1.807, 2.05) is 43.2 Å². The van der Waals surface area contributed by atoms with E-state index in [2.05, 4.69) is 24.0 Å². The van der Waals surface area contributed by atoms with E-state index in [0.717, 1.165) is 24.1 Å². The van der Waals surface area contributed by atoms with Crippen LogP contribution in [-0.4, -0.2) is 82.7 Å². The second-order valence-corrected chi connectivity index (χ2v) is 10.5. The number of rotatable bonds is 6. The first-order valence-electron chi connectivity index (χ1n) is 11.1. The van der Waals surface area contributed by atoms with Crippen molar-refractivity contribution in [3.63, 3.8) is 0 Å². The number of methoxy groups -OCH3 is 1. The molecule has 0 radical (unpaired) electrons. The van der Waals surface area contributed by atoms with E-state index in [1.165, 1.54) is 16.2 Å². The average Bonchev–Trinajstić information content (AvgIpc) is 3.24. The van der Waals surface area contributed by atoms with Crippen LogP contribution < -0.4 is 4.74 Å². The number of ether oxygens (including phenoxy) is 1. The van der Waals surface area contributed by atoms with Gasteiger partial charge in [-0.2, -0.15) is 0 Å². The molecule has 3 rings (SSSR count). The average molecular weight is 475 g/mol. The second-order valence-electron chi connectivity index (χ2n) is 9.57. The summed E-state index contributed by atoms with van der Waals surface area (Å²) in [7, 11) is 5.72. The normalized spacial score (nSPS) is 15.1. The molecule has 2 heterocycles. The van der Waals surface area contributed by atoms with Gasteiger partial charge in [0.15, 0.2) is 0 Å². The molecule has 0 unspecified atom stereocenters. The maximum absolute atomic E-state index is 13.3. The Morgan fingerprint density at radius 3 is 2.45 bits per heavy atom. The summed E-state index contributed by atoms with van der Waals surface area (Å²) in [4.78, 5) is 35.1. The first-order valence-corrected chi connectivity index (χ1v) is 12.0. The van der Waals surface area contributed by atoms with Gasteiger partial charge in [0.25, 0.3) is 5.91 Å². The molecular weight excluding hydrogens is 440 g/mol. The van der Waals surface area contributed by atoms with Gasteiger partial charge in [0.1, 0.15) is 10.8 Å². The Morgan fingerprint density at radius 2 is 1.91 bits per heavy atom. The van der Waals surface area contributed by atoms with Crippen molar-refractivity contribution in [2.45, 2.75) is 51.7 Å². The van der Waals surface area contributed by atoms with Gasteiger partial charge < -0.3 is 19.6 Å². The third kappa shape index (κ3) is 5.83. The highest BCUT2D eigenvalue weighted by Gasteiger charge is 2.28. The summed E-state index contributed by atoms with van der Waals surface area (Å²) in [5.41, 5.74) is 1.52. The SMILES string of the molecule is COc1ccc(-c2csc(CN(C(=O)O)C(C)(C)C)n2)cc1C(=O)N1CCC(N(C)C)CC1. The Labute approximate surface area is 199 Å². The van der Waals surface area contributed by atoms with Gasteiger partial charge in [-0.15, -0.1) is 11.3 Å². The molecule has 1 aliphatic heterocycles. The lowest BCUT2D eigenvalue weighted by molar-refractivity contribution is 0.0660. The summed E-state index contributed by atoms with van der Waals surface area (Å²) < 4.78 is 5.48. The highest BCUT2D eigenvalue weighted by atomic mass is 32.1. The molecule has 2 amide bonds. The molecule has 0 saturated carbocycles. The molecule has 9 heteroatoms. The highest BCUT2D eigenvalue weighted by molar-refractivity contribution is 7.09. The Balaban J connectivity index is 1.82. The minimum atomic E-state index is -0.977. The first kappa shape index (κ1) is 25.0. The van der Waals surface area contributed by atoms with Gasteiger partial charge in [0.05, 0.1) is 24.9 Å². The summed E-state index contributed by atoms with van der Waals surface area (Å²) in [5, 5.41) is 12.2. The van der Waals surface area contributed by atoms with Gasteiger partial charge in [-0.25, -0.2) is 9.78 Å². The van der Waals surface area contributed by atoms with Crippen LogP contribution >= 0.6 is 11.3 Å². The largest absolute Gasteiger partial charge is 0.496 e. The van der Waals surface area contributed by atoms with Crippen LogP contribution in [0.25, 0.3) is 11.3 Å². The molecule has 0 aliphatic carbocycles. The molecule has 1 aromatic heterocycles. The van der Waals surface area contributed by atoms with E-state index in [1.54, 1.807) is 13.2 Å². The lowest BCUT2D eigenvalue weighted by atomic mass is 10.0. The predicted molar refractivity (Wildman–Crippen MR) is 130 cm³/mol. The molecule has 0 bridgehead atoms. The van der Waals surface area contributed by atoms with Crippen molar-refractivity contribution in [2.75, 3.05) is 34.3 Å². The molecule has 180 valence electrons. The number of benzene rings is 1. The zero-order chi connectivity index (χ0) is 24.3. The van der Waals surface area contributed by atoms with Crippen LogP contribution in [0.4, 0.5) is 4.79 Å². The number of carboxylic acid groups (broad SMARTS) is 1. The van der Waals surface area contributed by atoms with Crippen molar-refractivity contribution in [1.29, 1.82) is 0 Å². The zero-order valence-electron chi connectivity index (χ0n) is 20.3. The number of likely N-dealkylation sites (tertiary alicyclic amines) is 1. The van der Waals surface area contributed by atoms with Crippen molar-refractivity contribution >= 4 is 23.3 Å². The third-order valence-electron chi connectivity index (χ3n) is 6.09. The van der Waals surface area contributed by atoms with Crippen LogP contribution in [0.3, 0.4) is 0 Å². The molecular formula is C24H34N4O4S. The molecule has 0 atom stereocenters. The lowest BCUT2D eigenvalue weighted by Crippen LogP contribution is -2.44. The number of aromatic nitrogens is 1. The summed E-state index contributed by atoms with van der Waals surface area (Å²) in [6, 6.07) is 6.00. The second kappa shape index (κ2) is 10.1. The fourth-order valence-electron chi connectivity index (χ4n) is 4.03. The fraction of sp³-hybridized carbons (Fsp3) is 0.542. The smallest absolute Gasteiger partial charge is 0.408 e. The Kier molecular flexibility index (Phi) is 7.64. The molecule has 0 spiro atoms. The van der Waals surface area contributed by atoms with E-state index in [4.69, 9.17) is 4.74 Å². The van der Waals surface area contributed by atoms with Gasteiger partial charge in [-0.1, -0.05) is 0 Å². The summed E-state index contributed by atoms with van der Waals surface area (Å²) >= 11 is 1.41. The van der Waals surface area contributed by atoms with Crippen molar-refractivity contribution in [1.82, 2.24) is 19.7 Å². The number of hydrogen-bond donors (Lipinski definition) is 1. The summed E-state index contributed by atoms with van der Waals surface area (Å²) in [5.74, 6) is 0.505. The van der Waals surface area contributed by atoms with Gasteiger partial charge in [0, 0.05) is 35.6 Å². The van der Waals surface area contributed by atoms with Gasteiger partial charge >= 0.3 is 6.09 Å². The number of hydrogen-bond acceptors (Lipinski definition) is 6. The van der Waals surface area contributed by atoms with Crippen LogP contribution in [0.2, 0.25) is 0 Å². The number of piperidine rings is 1. The fourth-order valence-corrected chi connectivity index (χ4v) is 4.82. The number of thiazole rings is 1. The molecule has 1 saturated heterocycles. The molecule has 1 aliphatic rings. The third-order valence-corrected chi connectivity index (χ3v) is 6.93. The van der Waals surface area contributed by atoms with Crippen molar-refractivity contribution in [2.24, 2.45) is 0 Å². The lowest BCUT2D eigenvalue weighted by Gasteiger charge is -2.35. The topological polar surface area (TPSA) is 86.2 Å². The molecule has 8 nitrogen and oxygen atoms in total. The summed E-state index contributed by atoms with van der Waals surface area (Å²) in [6.07, 6.45) is 0.920. The van der Waals surface area contributed by atoms with Crippen molar-refractivity contribution in [3.8, 4) is 17.0 Å². The van der Waals surface area contributed by atoms with Crippen LogP contribution in [0, 0.1) is 0 Å². The van der Waals surface area contributed by atoms with Crippen LogP contribution in [0.1, 0.15) is 49.0 Å². The first-order chi connectivity index (χ1) is 15.5. The Hall–Kier alpha value is -2.65. The maximum Gasteiger partial charge on any atom is 0.408 e. The minimum Gasteiger partial charge on any atom is -0.496 e. The number of amides is 2. The quantitative estimate of drug-likeness (QED) is 0.673. The van der Waals surface area contributed by atoms with E-state index in [0.29, 0.717) is 35.5 Å². The van der Waals surface area contributed by atoms with E-state index < -0.39 is 11.6 Å². The van der Waals surface area contributed by atoms with Crippen LogP contribution in [-0.2, 0) is 6.54 Å². The monoisotopic (exact) mass is 474 g/mol. The minimum absolute atomic E-state index is 0.0360. The Morgan fingerprint density at radius 1 is 1.24 bits per heavy atom. The molecule has 1 fully saturated rings. The van der Waals surface area contributed by atoms with Crippen molar-refractivity contribution in [3.05, 3.63) is 34.2 Å². The van der Waals surface area contributed by atoms with Gasteiger partial charge in [0.2, 0.25) is 0 Å². The number of nitrogens with zero attached hydrogens (tertiary/aromatic N) is 4. The zero-order valence-corrected chi connectivity index (χ0v) is 21.1. The van der Waals surface area contributed by atoms with Crippen LogP contribution in [0.5, 0.6) is 5.75 Å². The van der Waals surface area contributed by atoms with Crippen molar-refractivity contribution < 1.29 is 19.4 Å². The van der Waals surface area contributed by atoms with E-state index >= 15 is 0 Å². The predicted octanol–water partition coefficient (Wildman–Crippen LogP) is 4.26. The number of carbonyl (C=O) groups excluding carboxylic acids is 1. The molecule has 1 N–H and O–H groups in total. The Bertz CT molecular complexity index is 991. The van der Waals surface area contributed by atoms with Gasteiger partial charge in [-0.05, 0) is 65.9 Å². The van der Waals surface area contributed by atoms with E-state index in [-0.39, 0.29) is 12.5 Å². The summed E-state index contributed by atoms with van der Waals surface area (Å²) in [6.45, 7) is 7.22. The molecule has 2 aromatic rings. The van der Waals surface area contributed by atoms with E-state index in [9.17, 15) is 14.7 Å². The highest BCUT2D eigenvalue weighted by Crippen LogP contribution is 2.30. The van der Waals surface area contributed by atoms with Crippen LogP contribution in [0.15, 0.2) is 23.6 Å². The maximum atomic E-state index is 13.3. The standard InChI is InChI=1S/C24H34N4O4S/c1-24(2,3)28(23(30)31)14-21-25-19(15-33-21)16-7-8-20(32-6)18(13-16)22(29)27-11-9-17(10-12-27)26(4)5/h7-8,13,15,17H,9-12,14H2,1-6H3,(H,30,31). The molecule has 1 aromatic carbocycles. The molecule has 33 heavy (non-hydrogen) atoms. The number of carbonyl (C=O) groups is 2. The van der Waals surface area contributed by atoms with Gasteiger partial charge in [-0.3, -0.25) is 9.69 Å².